The van der Waals surface area contributed by atoms with Crippen molar-refractivity contribution >= 4 is 0 Å². The molecule has 0 fully saturated rings. The first-order valence-electron chi connectivity index (χ1n) is 3.80. The van der Waals surface area contributed by atoms with Crippen LogP contribution in [0.25, 0.3) is 0 Å². The predicted molar refractivity (Wildman–Crippen MR) is 43.2 cm³/mol. The van der Waals surface area contributed by atoms with Crippen molar-refractivity contribution in [2.24, 2.45) is 0 Å². The monoisotopic (exact) mass is 139 g/mol. The minimum absolute atomic E-state index is 0.722. The molecular weight excluding hydrogens is 124 g/mol. The van der Waals surface area contributed by atoms with Crippen LogP contribution in [0.15, 0.2) is 0 Å². The van der Waals surface area contributed by atoms with Crippen molar-refractivity contribution in [3.63, 3.8) is 0 Å². The van der Waals surface area contributed by atoms with Crippen molar-refractivity contribution in [3.8, 4) is 12.0 Å². The zero-order valence-electron chi connectivity index (χ0n) is 6.65. The maximum atomic E-state index is 4.98. The fraction of sp³-hybridized carbons (Fsp3) is 0.667. The summed E-state index contributed by atoms with van der Waals surface area (Å²) >= 11 is 0. The molecule has 0 aliphatic rings. The smallest absolute Gasteiger partial charge is 0.110 e. The lowest BCUT2D eigenvalue weighted by molar-refractivity contribution is 0.272. The van der Waals surface area contributed by atoms with E-state index in [0.717, 1.165) is 32.3 Å². The number of hydrogen-bond donors (Lipinski definition) is 0. The molecule has 0 heterocycles. The summed E-state index contributed by atoms with van der Waals surface area (Å²) in [7, 11) is 0. The summed E-state index contributed by atoms with van der Waals surface area (Å²) in [5.74, 6) is 2.90. The van der Waals surface area contributed by atoms with E-state index in [1.54, 1.807) is 0 Å². The molecule has 0 aromatic carbocycles. The van der Waals surface area contributed by atoms with Crippen LogP contribution in [-0.4, -0.2) is 6.61 Å². The van der Waals surface area contributed by atoms with Crippen LogP contribution < -0.4 is 0 Å². The third-order valence-electron chi connectivity index (χ3n) is 1.02. The largest absolute Gasteiger partial charge is 0.447 e. The minimum Gasteiger partial charge on any atom is -0.447 e. The average molecular weight is 139 g/mol. The Morgan fingerprint density at radius 2 is 2.30 bits per heavy atom. The van der Waals surface area contributed by atoms with Crippen molar-refractivity contribution in [1.82, 2.24) is 0 Å². The Morgan fingerprint density at radius 3 is 2.90 bits per heavy atom. The standard InChI is InChI=1S/C9H15O/c1-3-5-7-9-10-8-6-4-2/h2-6,8H2,1H3. The van der Waals surface area contributed by atoms with Crippen LogP contribution in [0.1, 0.15) is 32.6 Å². The lowest BCUT2D eigenvalue weighted by Gasteiger charge is -1.91. The molecule has 0 spiro atoms. The van der Waals surface area contributed by atoms with Gasteiger partial charge < -0.3 is 4.74 Å². The number of rotatable bonds is 4. The molecule has 0 unspecified atom stereocenters. The van der Waals surface area contributed by atoms with Gasteiger partial charge in [0.2, 0.25) is 0 Å². The van der Waals surface area contributed by atoms with Crippen molar-refractivity contribution in [2.45, 2.75) is 32.6 Å². The fourth-order valence-electron chi connectivity index (χ4n) is 0.452. The van der Waals surface area contributed by atoms with Crippen LogP contribution >= 0.6 is 0 Å². The first-order valence-corrected chi connectivity index (χ1v) is 3.80. The molecule has 10 heavy (non-hydrogen) atoms. The molecule has 0 amide bonds. The third-order valence-corrected chi connectivity index (χ3v) is 1.02. The molecule has 0 saturated heterocycles. The van der Waals surface area contributed by atoms with Gasteiger partial charge in [-0.15, -0.1) is 0 Å². The van der Waals surface area contributed by atoms with Gasteiger partial charge in [-0.2, -0.15) is 0 Å². The molecule has 0 aliphatic heterocycles. The van der Waals surface area contributed by atoms with E-state index in [4.69, 9.17) is 4.74 Å². The van der Waals surface area contributed by atoms with E-state index in [-0.39, 0.29) is 0 Å². The first-order chi connectivity index (χ1) is 4.91. The Hall–Kier alpha value is -0.640. The van der Waals surface area contributed by atoms with Gasteiger partial charge in [-0.05, 0) is 12.8 Å². The van der Waals surface area contributed by atoms with E-state index in [2.05, 4.69) is 25.9 Å². The Balaban J connectivity index is 2.96. The summed E-state index contributed by atoms with van der Waals surface area (Å²) in [4.78, 5) is 0. The molecule has 1 nitrogen and oxygen atoms in total. The molecule has 0 rings (SSSR count). The zero-order chi connectivity index (χ0) is 7.66. The lowest BCUT2D eigenvalue weighted by Crippen LogP contribution is -1.85. The molecule has 0 bridgehead atoms. The van der Waals surface area contributed by atoms with Gasteiger partial charge in [-0.25, -0.2) is 0 Å². The van der Waals surface area contributed by atoms with Gasteiger partial charge in [0.1, 0.15) is 12.7 Å². The summed E-state index contributed by atoms with van der Waals surface area (Å²) in [6.07, 6.45) is 6.61. The molecule has 57 valence electrons. The first kappa shape index (κ1) is 9.36. The van der Waals surface area contributed by atoms with E-state index in [1.807, 2.05) is 0 Å². The molecule has 0 saturated carbocycles. The maximum absolute atomic E-state index is 4.98. The van der Waals surface area contributed by atoms with Gasteiger partial charge in [-0.3, -0.25) is 0 Å². The highest BCUT2D eigenvalue weighted by atomic mass is 16.5. The highest BCUT2D eigenvalue weighted by Crippen LogP contribution is 1.86. The van der Waals surface area contributed by atoms with Crippen molar-refractivity contribution in [2.75, 3.05) is 6.61 Å². The highest BCUT2D eigenvalue weighted by Gasteiger charge is 1.78. The SMILES string of the molecule is [CH2]CCCOC#CCCC. The van der Waals surface area contributed by atoms with Gasteiger partial charge in [0.05, 0.1) is 0 Å². The predicted octanol–water partition coefficient (Wildman–Crippen LogP) is 2.38. The highest BCUT2D eigenvalue weighted by molar-refractivity contribution is 4.90. The van der Waals surface area contributed by atoms with Crippen LogP contribution in [-0.2, 0) is 4.74 Å². The number of hydrogen-bond acceptors (Lipinski definition) is 1. The van der Waals surface area contributed by atoms with Gasteiger partial charge in [0, 0.05) is 6.42 Å². The average Bonchev–Trinajstić information content (AvgIpc) is 1.97. The summed E-state index contributed by atoms with van der Waals surface area (Å²) in [5, 5.41) is 0. The van der Waals surface area contributed by atoms with Crippen LogP contribution in [0, 0.1) is 19.0 Å². The number of unbranched alkanes of at least 4 members (excludes halogenated alkanes) is 2. The number of ether oxygens (including phenoxy) is 1. The van der Waals surface area contributed by atoms with Gasteiger partial charge in [-0.1, -0.05) is 26.2 Å². The van der Waals surface area contributed by atoms with Gasteiger partial charge in [0.15, 0.2) is 0 Å². The van der Waals surface area contributed by atoms with Gasteiger partial charge >= 0.3 is 0 Å². The molecular formula is C9H15O. The Kier molecular flexibility index (Phi) is 7.82. The molecule has 0 atom stereocenters. The second-order valence-corrected chi connectivity index (χ2v) is 2.08. The fourth-order valence-corrected chi connectivity index (χ4v) is 0.452. The van der Waals surface area contributed by atoms with Crippen molar-refractivity contribution in [3.05, 3.63) is 6.92 Å². The van der Waals surface area contributed by atoms with E-state index in [0.29, 0.717) is 0 Å². The molecule has 0 aliphatic carbocycles. The Bertz CT molecular complexity index is 108. The van der Waals surface area contributed by atoms with E-state index in [9.17, 15) is 0 Å². The van der Waals surface area contributed by atoms with E-state index >= 15 is 0 Å². The normalized spacial score (nSPS) is 8.20. The maximum Gasteiger partial charge on any atom is 0.110 e. The van der Waals surface area contributed by atoms with Crippen molar-refractivity contribution in [1.29, 1.82) is 0 Å². The quantitative estimate of drug-likeness (QED) is 0.429. The lowest BCUT2D eigenvalue weighted by atomic mass is 10.3. The summed E-state index contributed by atoms with van der Waals surface area (Å²) in [6, 6.07) is 0. The van der Waals surface area contributed by atoms with Crippen LogP contribution in [0.4, 0.5) is 0 Å². The summed E-state index contributed by atoms with van der Waals surface area (Å²) in [5.41, 5.74) is 0. The Labute approximate surface area is 63.8 Å². The van der Waals surface area contributed by atoms with Crippen LogP contribution in [0.5, 0.6) is 0 Å². The molecule has 1 radical (unpaired) electrons. The molecule has 1 heteroatoms. The second kappa shape index (κ2) is 8.36. The molecule has 0 aromatic rings. The van der Waals surface area contributed by atoms with Gasteiger partial charge in [0.25, 0.3) is 0 Å². The van der Waals surface area contributed by atoms with Crippen molar-refractivity contribution < 1.29 is 4.74 Å². The molecule has 0 N–H and O–H groups in total. The second-order valence-electron chi connectivity index (χ2n) is 2.08. The minimum atomic E-state index is 0.722. The Morgan fingerprint density at radius 1 is 1.50 bits per heavy atom. The summed E-state index contributed by atoms with van der Waals surface area (Å²) < 4.78 is 4.98. The summed E-state index contributed by atoms with van der Waals surface area (Å²) in [6.45, 7) is 6.52. The van der Waals surface area contributed by atoms with E-state index in [1.165, 1.54) is 0 Å². The molecule has 0 aromatic heterocycles. The van der Waals surface area contributed by atoms with Crippen LogP contribution in [0.2, 0.25) is 0 Å². The zero-order valence-corrected chi connectivity index (χ0v) is 6.65. The van der Waals surface area contributed by atoms with Crippen LogP contribution in [0.3, 0.4) is 0 Å². The third kappa shape index (κ3) is 7.36. The topological polar surface area (TPSA) is 9.23 Å². The van der Waals surface area contributed by atoms with E-state index < -0.39 is 0 Å².